The van der Waals surface area contributed by atoms with E-state index < -0.39 is 5.97 Å². The lowest BCUT2D eigenvalue weighted by Crippen LogP contribution is -2.21. The summed E-state index contributed by atoms with van der Waals surface area (Å²) in [4.78, 5) is 11.2. The second-order valence-electron chi connectivity index (χ2n) is 3.93. The average molecular weight is 214 g/mol. The van der Waals surface area contributed by atoms with Crippen LogP contribution in [-0.2, 0) is 14.3 Å². The van der Waals surface area contributed by atoms with Crippen LogP contribution in [0.5, 0.6) is 0 Å². The van der Waals surface area contributed by atoms with Crippen LogP contribution in [-0.4, -0.2) is 36.5 Å². The molecule has 0 aromatic rings. The van der Waals surface area contributed by atoms with Gasteiger partial charge in [0.2, 0.25) is 0 Å². The molecule has 0 amide bonds. The molecule has 1 saturated heterocycles. The highest BCUT2D eigenvalue weighted by atomic mass is 16.5. The predicted molar refractivity (Wildman–Crippen MR) is 55.3 cm³/mol. The Labute approximate surface area is 89.9 Å². The number of aliphatic hydroxyl groups is 1. The summed E-state index contributed by atoms with van der Waals surface area (Å²) in [6.45, 7) is 5.39. The molecular weight excluding hydrogens is 196 g/mol. The van der Waals surface area contributed by atoms with Gasteiger partial charge < -0.3 is 14.6 Å². The third kappa shape index (κ3) is 3.32. The van der Waals surface area contributed by atoms with Gasteiger partial charge in [-0.05, 0) is 26.2 Å². The Morgan fingerprint density at radius 3 is 2.87 bits per heavy atom. The van der Waals surface area contributed by atoms with Crippen LogP contribution in [0.1, 0.15) is 26.2 Å². The zero-order valence-corrected chi connectivity index (χ0v) is 9.23. The smallest absolute Gasteiger partial charge is 0.335 e. The normalized spacial score (nSPS) is 27.4. The topological polar surface area (TPSA) is 55.8 Å². The number of carbonyl (C=O) groups excluding carboxylic acids is 1. The highest BCUT2D eigenvalue weighted by Crippen LogP contribution is 2.27. The van der Waals surface area contributed by atoms with Crippen molar-refractivity contribution in [3.8, 4) is 0 Å². The van der Waals surface area contributed by atoms with E-state index in [9.17, 15) is 9.90 Å². The number of methoxy groups -OCH3 is 1. The van der Waals surface area contributed by atoms with Gasteiger partial charge in [-0.2, -0.15) is 0 Å². The van der Waals surface area contributed by atoms with Gasteiger partial charge in [0, 0.05) is 0 Å². The quantitative estimate of drug-likeness (QED) is 0.561. The molecule has 1 rings (SSSR count). The first-order chi connectivity index (χ1) is 7.04. The molecule has 0 radical (unpaired) electrons. The van der Waals surface area contributed by atoms with E-state index in [1.165, 1.54) is 7.11 Å². The molecule has 4 heteroatoms. The highest BCUT2D eigenvalue weighted by Gasteiger charge is 2.30. The molecule has 0 aromatic heterocycles. The van der Waals surface area contributed by atoms with Crippen molar-refractivity contribution in [2.45, 2.75) is 44.5 Å². The molecule has 1 fully saturated rings. The lowest BCUT2D eigenvalue weighted by atomic mass is 10.1. The van der Waals surface area contributed by atoms with Crippen molar-refractivity contribution in [1.29, 1.82) is 0 Å². The summed E-state index contributed by atoms with van der Waals surface area (Å²) in [5.74, 6) is -0.419. The van der Waals surface area contributed by atoms with E-state index in [4.69, 9.17) is 4.74 Å². The summed E-state index contributed by atoms with van der Waals surface area (Å²) in [7, 11) is 1.33. The van der Waals surface area contributed by atoms with Crippen LogP contribution in [0.4, 0.5) is 0 Å². The standard InChI is InChI=1S/C11H18O4/c1-7(12)6-9-4-5-10(15-9)8(2)11(13)14-3/h7,9-10,12H,2,4-6H2,1,3H3/t7-,9-,10+/m1/s1. The Morgan fingerprint density at radius 1 is 1.67 bits per heavy atom. The molecule has 86 valence electrons. The molecule has 0 aromatic carbocycles. The van der Waals surface area contributed by atoms with E-state index in [2.05, 4.69) is 11.3 Å². The molecule has 0 bridgehead atoms. The number of carbonyl (C=O) groups is 1. The molecule has 4 nitrogen and oxygen atoms in total. The van der Waals surface area contributed by atoms with Gasteiger partial charge in [0.25, 0.3) is 0 Å². The van der Waals surface area contributed by atoms with Crippen LogP contribution >= 0.6 is 0 Å². The molecule has 15 heavy (non-hydrogen) atoms. The first-order valence-corrected chi connectivity index (χ1v) is 5.15. The Kier molecular flexibility index (Phi) is 4.29. The van der Waals surface area contributed by atoms with Gasteiger partial charge in [-0.1, -0.05) is 6.58 Å². The molecular formula is C11H18O4. The van der Waals surface area contributed by atoms with Gasteiger partial charge in [-0.15, -0.1) is 0 Å². The van der Waals surface area contributed by atoms with Gasteiger partial charge in [0.15, 0.2) is 0 Å². The van der Waals surface area contributed by atoms with Crippen molar-refractivity contribution in [3.05, 3.63) is 12.2 Å². The van der Waals surface area contributed by atoms with Crippen molar-refractivity contribution in [2.24, 2.45) is 0 Å². The number of rotatable bonds is 4. The Morgan fingerprint density at radius 2 is 2.33 bits per heavy atom. The number of ether oxygens (including phenoxy) is 2. The average Bonchev–Trinajstić information content (AvgIpc) is 2.63. The first kappa shape index (κ1) is 12.2. The van der Waals surface area contributed by atoms with Crippen molar-refractivity contribution in [1.82, 2.24) is 0 Å². The fraction of sp³-hybridized carbons (Fsp3) is 0.727. The maximum absolute atomic E-state index is 11.2. The summed E-state index contributed by atoms with van der Waals surface area (Å²) >= 11 is 0. The molecule has 1 aliphatic heterocycles. The molecule has 1 aliphatic rings. The fourth-order valence-corrected chi connectivity index (χ4v) is 1.78. The molecule has 3 atom stereocenters. The zero-order valence-electron chi connectivity index (χ0n) is 9.23. The Hall–Kier alpha value is -0.870. The predicted octanol–water partition coefficient (Wildman–Crippen LogP) is 1.03. The van der Waals surface area contributed by atoms with Gasteiger partial charge >= 0.3 is 5.97 Å². The second-order valence-corrected chi connectivity index (χ2v) is 3.93. The summed E-state index contributed by atoms with van der Waals surface area (Å²) in [5, 5.41) is 9.20. The third-order valence-corrected chi connectivity index (χ3v) is 2.55. The van der Waals surface area contributed by atoms with E-state index in [0.717, 1.165) is 12.8 Å². The van der Waals surface area contributed by atoms with Crippen molar-refractivity contribution >= 4 is 5.97 Å². The van der Waals surface area contributed by atoms with E-state index in [-0.39, 0.29) is 18.3 Å². The monoisotopic (exact) mass is 214 g/mol. The Balaban J connectivity index is 2.42. The molecule has 0 saturated carbocycles. The van der Waals surface area contributed by atoms with Crippen LogP contribution in [0.15, 0.2) is 12.2 Å². The van der Waals surface area contributed by atoms with Gasteiger partial charge in [-0.25, -0.2) is 4.79 Å². The summed E-state index contributed by atoms with van der Waals surface area (Å²) < 4.78 is 10.2. The van der Waals surface area contributed by atoms with Gasteiger partial charge in [0.1, 0.15) is 0 Å². The van der Waals surface area contributed by atoms with Crippen LogP contribution in [0, 0.1) is 0 Å². The van der Waals surface area contributed by atoms with E-state index >= 15 is 0 Å². The van der Waals surface area contributed by atoms with Crippen LogP contribution in [0.3, 0.4) is 0 Å². The summed E-state index contributed by atoms with van der Waals surface area (Å²) in [5.41, 5.74) is 0.366. The maximum Gasteiger partial charge on any atom is 0.335 e. The number of hydrogen-bond acceptors (Lipinski definition) is 4. The highest BCUT2D eigenvalue weighted by molar-refractivity contribution is 5.88. The zero-order chi connectivity index (χ0) is 11.4. The second kappa shape index (κ2) is 5.28. The van der Waals surface area contributed by atoms with Crippen LogP contribution in [0.25, 0.3) is 0 Å². The molecule has 0 unspecified atom stereocenters. The maximum atomic E-state index is 11.2. The summed E-state index contributed by atoms with van der Waals surface area (Å²) in [6, 6.07) is 0. The number of hydrogen-bond donors (Lipinski definition) is 1. The fourth-order valence-electron chi connectivity index (χ4n) is 1.78. The minimum absolute atomic E-state index is 0.0245. The minimum atomic E-state index is -0.419. The lowest BCUT2D eigenvalue weighted by molar-refractivity contribution is -0.137. The van der Waals surface area contributed by atoms with Gasteiger partial charge in [-0.3, -0.25) is 0 Å². The first-order valence-electron chi connectivity index (χ1n) is 5.15. The van der Waals surface area contributed by atoms with E-state index in [0.29, 0.717) is 12.0 Å². The molecule has 0 aliphatic carbocycles. The largest absolute Gasteiger partial charge is 0.466 e. The Bertz CT molecular complexity index is 247. The SMILES string of the molecule is C=C(C(=O)OC)[C@@H]1CC[C@H](C[C@@H](C)O)O1. The van der Waals surface area contributed by atoms with Gasteiger partial charge in [0.05, 0.1) is 31.0 Å². The van der Waals surface area contributed by atoms with Crippen molar-refractivity contribution in [3.63, 3.8) is 0 Å². The van der Waals surface area contributed by atoms with E-state index in [1.54, 1.807) is 6.92 Å². The number of aliphatic hydroxyl groups excluding tert-OH is 1. The minimum Gasteiger partial charge on any atom is -0.466 e. The third-order valence-electron chi connectivity index (χ3n) is 2.55. The van der Waals surface area contributed by atoms with E-state index in [1.807, 2.05) is 0 Å². The van der Waals surface area contributed by atoms with Crippen LogP contribution in [0.2, 0.25) is 0 Å². The van der Waals surface area contributed by atoms with Crippen molar-refractivity contribution < 1.29 is 19.4 Å². The molecule has 1 N–H and O–H groups in total. The molecule has 1 heterocycles. The van der Waals surface area contributed by atoms with Crippen molar-refractivity contribution in [2.75, 3.05) is 7.11 Å². The molecule has 0 spiro atoms. The summed E-state index contributed by atoms with van der Waals surface area (Å²) in [6.07, 6.45) is 1.62. The number of esters is 1. The lowest BCUT2D eigenvalue weighted by Gasteiger charge is -2.15. The van der Waals surface area contributed by atoms with Crippen LogP contribution < -0.4 is 0 Å².